The van der Waals surface area contributed by atoms with E-state index in [0.29, 0.717) is 6.54 Å². The second-order valence-electron chi connectivity index (χ2n) is 5.01. The number of carbonyl (C=O) groups excluding carboxylic acids is 1. The molecular formula is C13H25NO3. The molecule has 2 N–H and O–H groups in total. The summed E-state index contributed by atoms with van der Waals surface area (Å²) in [6.07, 6.45) is 3.67. The Morgan fingerprint density at radius 3 is 2.47 bits per heavy atom. The molecule has 3 unspecified atom stereocenters. The number of nitrogens with two attached hydrogens (primary N) is 1. The van der Waals surface area contributed by atoms with Gasteiger partial charge in [-0.25, -0.2) is 0 Å². The molecule has 1 aliphatic rings. The smallest absolute Gasteiger partial charge is 0.310 e. The predicted octanol–water partition coefficient (Wildman–Crippen LogP) is 1.86. The summed E-state index contributed by atoms with van der Waals surface area (Å²) in [5, 5.41) is 0. The molecule has 4 nitrogen and oxygen atoms in total. The Morgan fingerprint density at radius 2 is 2.00 bits per heavy atom. The molecule has 1 saturated heterocycles. The Bertz CT molecular complexity index is 235. The van der Waals surface area contributed by atoms with Crippen molar-refractivity contribution >= 4 is 5.97 Å². The van der Waals surface area contributed by atoms with E-state index in [1.165, 1.54) is 0 Å². The van der Waals surface area contributed by atoms with Crippen molar-refractivity contribution in [3.05, 3.63) is 0 Å². The third kappa shape index (κ3) is 4.64. The van der Waals surface area contributed by atoms with E-state index in [2.05, 4.69) is 6.92 Å². The summed E-state index contributed by atoms with van der Waals surface area (Å²) in [6.45, 7) is 6.46. The van der Waals surface area contributed by atoms with E-state index in [4.69, 9.17) is 15.2 Å². The van der Waals surface area contributed by atoms with Crippen molar-refractivity contribution in [2.45, 2.75) is 64.8 Å². The zero-order valence-corrected chi connectivity index (χ0v) is 11.1. The zero-order valence-electron chi connectivity index (χ0n) is 11.1. The van der Waals surface area contributed by atoms with Gasteiger partial charge in [-0.05, 0) is 20.3 Å². The maximum atomic E-state index is 11.9. The number of esters is 1. The van der Waals surface area contributed by atoms with Gasteiger partial charge in [0.25, 0.3) is 0 Å². The summed E-state index contributed by atoms with van der Waals surface area (Å²) in [6, 6.07) is 0. The van der Waals surface area contributed by atoms with E-state index in [1.54, 1.807) is 0 Å². The van der Waals surface area contributed by atoms with Crippen molar-refractivity contribution < 1.29 is 14.3 Å². The van der Waals surface area contributed by atoms with Crippen molar-refractivity contribution in [3.63, 3.8) is 0 Å². The van der Waals surface area contributed by atoms with Crippen LogP contribution in [0.25, 0.3) is 0 Å². The highest BCUT2D eigenvalue weighted by Crippen LogP contribution is 2.23. The predicted molar refractivity (Wildman–Crippen MR) is 66.6 cm³/mol. The summed E-state index contributed by atoms with van der Waals surface area (Å²) < 4.78 is 11.2. The van der Waals surface area contributed by atoms with Gasteiger partial charge < -0.3 is 15.2 Å². The number of hydrogen-bond acceptors (Lipinski definition) is 4. The molecule has 1 rings (SSSR count). The van der Waals surface area contributed by atoms with Crippen LogP contribution in [-0.4, -0.2) is 30.8 Å². The van der Waals surface area contributed by atoms with Crippen LogP contribution in [-0.2, 0) is 14.3 Å². The normalized spacial score (nSPS) is 30.9. The molecule has 0 amide bonds. The lowest BCUT2D eigenvalue weighted by atomic mass is 10.0. The largest absolute Gasteiger partial charge is 0.462 e. The van der Waals surface area contributed by atoms with Crippen LogP contribution in [0.2, 0.25) is 0 Å². The van der Waals surface area contributed by atoms with Gasteiger partial charge in [-0.2, -0.15) is 0 Å². The van der Waals surface area contributed by atoms with E-state index < -0.39 is 0 Å². The van der Waals surface area contributed by atoms with Gasteiger partial charge in [-0.1, -0.05) is 13.3 Å². The number of carbonyl (C=O) groups is 1. The zero-order chi connectivity index (χ0) is 12.8. The monoisotopic (exact) mass is 243 g/mol. The highest BCUT2D eigenvalue weighted by molar-refractivity contribution is 5.72. The minimum Gasteiger partial charge on any atom is -0.462 e. The molecule has 4 heteroatoms. The van der Waals surface area contributed by atoms with Crippen molar-refractivity contribution in [1.82, 2.24) is 0 Å². The summed E-state index contributed by atoms with van der Waals surface area (Å²) >= 11 is 0. The first kappa shape index (κ1) is 14.5. The van der Waals surface area contributed by atoms with Gasteiger partial charge in [-0.15, -0.1) is 0 Å². The molecule has 100 valence electrons. The number of hydrogen-bond donors (Lipinski definition) is 1. The standard InChI is InChI=1S/C13H25NO3/c1-4-5-11(8-14)13(15)17-12-6-9(2)16-10(3)7-12/h9-12H,4-8,14H2,1-3H3. The molecule has 0 aromatic rings. The van der Waals surface area contributed by atoms with Crippen LogP contribution in [0.4, 0.5) is 0 Å². The molecule has 1 aliphatic heterocycles. The van der Waals surface area contributed by atoms with E-state index >= 15 is 0 Å². The molecule has 0 aliphatic carbocycles. The fourth-order valence-corrected chi connectivity index (χ4v) is 2.38. The van der Waals surface area contributed by atoms with Gasteiger partial charge in [-0.3, -0.25) is 4.79 Å². The molecule has 0 aromatic heterocycles. The van der Waals surface area contributed by atoms with Crippen molar-refractivity contribution in [1.29, 1.82) is 0 Å². The van der Waals surface area contributed by atoms with E-state index in [1.807, 2.05) is 13.8 Å². The van der Waals surface area contributed by atoms with E-state index in [-0.39, 0.29) is 30.2 Å². The minimum atomic E-state index is -0.145. The van der Waals surface area contributed by atoms with Crippen molar-refractivity contribution in [3.8, 4) is 0 Å². The molecule has 0 bridgehead atoms. The molecule has 0 radical (unpaired) electrons. The first-order valence-electron chi connectivity index (χ1n) is 6.62. The lowest BCUT2D eigenvalue weighted by Crippen LogP contribution is -2.37. The first-order valence-corrected chi connectivity index (χ1v) is 6.62. The lowest BCUT2D eigenvalue weighted by Gasteiger charge is -2.32. The van der Waals surface area contributed by atoms with E-state index in [0.717, 1.165) is 25.7 Å². The number of ether oxygens (including phenoxy) is 2. The van der Waals surface area contributed by atoms with Gasteiger partial charge in [0.1, 0.15) is 6.10 Å². The second kappa shape index (κ2) is 6.97. The van der Waals surface area contributed by atoms with Crippen LogP contribution in [0.15, 0.2) is 0 Å². The first-order chi connectivity index (χ1) is 8.06. The third-order valence-corrected chi connectivity index (χ3v) is 3.19. The maximum absolute atomic E-state index is 11.9. The molecule has 0 saturated carbocycles. The van der Waals surface area contributed by atoms with Crippen LogP contribution in [0.5, 0.6) is 0 Å². The van der Waals surface area contributed by atoms with Crippen molar-refractivity contribution in [2.24, 2.45) is 11.7 Å². The van der Waals surface area contributed by atoms with Gasteiger partial charge in [0, 0.05) is 19.4 Å². The summed E-state index contributed by atoms with van der Waals surface area (Å²) in [5.74, 6) is -0.283. The second-order valence-corrected chi connectivity index (χ2v) is 5.01. The average Bonchev–Trinajstić information content (AvgIpc) is 2.24. The summed E-state index contributed by atoms with van der Waals surface area (Å²) in [7, 11) is 0. The Labute approximate surface area is 104 Å². The van der Waals surface area contributed by atoms with E-state index in [9.17, 15) is 4.79 Å². The topological polar surface area (TPSA) is 61.6 Å². The summed E-state index contributed by atoms with van der Waals surface area (Å²) in [5.41, 5.74) is 5.59. The van der Waals surface area contributed by atoms with Gasteiger partial charge in [0.15, 0.2) is 0 Å². The Morgan fingerprint density at radius 1 is 1.41 bits per heavy atom. The van der Waals surface area contributed by atoms with Gasteiger partial charge in [0.2, 0.25) is 0 Å². The molecule has 0 aromatic carbocycles. The lowest BCUT2D eigenvalue weighted by molar-refractivity contribution is -0.164. The maximum Gasteiger partial charge on any atom is 0.310 e. The third-order valence-electron chi connectivity index (χ3n) is 3.19. The average molecular weight is 243 g/mol. The van der Waals surface area contributed by atoms with Crippen LogP contribution in [0.1, 0.15) is 46.5 Å². The highest BCUT2D eigenvalue weighted by atomic mass is 16.6. The molecule has 0 spiro atoms. The Hall–Kier alpha value is -0.610. The minimum absolute atomic E-state index is 0.00726. The molecule has 1 fully saturated rings. The van der Waals surface area contributed by atoms with Crippen LogP contribution >= 0.6 is 0 Å². The Balaban J connectivity index is 2.43. The van der Waals surface area contributed by atoms with Crippen molar-refractivity contribution in [2.75, 3.05) is 6.54 Å². The quantitative estimate of drug-likeness (QED) is 0.749. The number of rotatable bonds is 5. The molecule has 3 atom stereocenters. The summed E-state index contributed by atoms with van der Waals surface area (Å²) in [4.78, 5) is 11.9. The van der Waals surface area contributed by atoms with Crippen LogP contribution in [0, 0.1) is 5.92 Å². The molecular weight excluding hydrogens is 218 g/mol. The van der Waals surface area contributed by atoms with Crippen LogP contribution in [0.3, 0.4) is 0 Å². The molecule has 1 heterocycles. The highest BCUT2D eigenvalue weighted by Gasteiger charge is 2.29. The van der Waals surface area contributed by atoms with Gasteiger partial charge >= 0.3 is 5.97 Å². The fraction of sp³-hybridized carbons (Fsp3) is 0.923. The Kier molecular flexibility index (Phi) is 5.92. The fourth-order valence-electron chi connectivity index (χ4n) is 2.38. The molecule has 17 heavy (non-hydrogen) atoms. The van der Waals surface area contributed by atoms with Gasteiger partial charge in [0.05, 0.1) is 18.1 Å². The van der Waals surface area contributed by atoms with Crippen LogP contribution < -0.4 is 5.73 Å². The SMILES string of the molecule is CCCC(CN)C(=O)OC1CC(C)OC(C)C1.